The van der Waals surface area contributed by atoms with Gasteiger partial charge in [-0.2, -0.15) is 9.90 Å². The monoisotopic (exact) mass is 365 g/mol. The number of nitrogens with zero attached hydrogens (tertiary/aromatic N) is 4. The van der Waals surface area contributed by atoms with E-state index in [9.17, 15) is 9.59 Å². The van der Waals surface area contributed by atoms with Gasteiger partial charge in [-0.3, -0.25) is 9.59 Å². The molecule has 0 radical (unpaired) electrons. The Morgan fingerprint density at radius 2 is 1.85 bits per heavy atom. The molecule has 4 rings (SSSR count). The first-order chi connectivity index (χ1) is 13.2. The van der Waals surface area contributed by atoms with Crippen LogP contribution in [0.3, 0.4) is 0 Å². The lowest BCUT2D eigenvalue weighted by molar-refractivity contribution is 0.0667. The van der Waals surface area contributed by atoms with E-state index in [0.717, 1.165) is 5.69 Å². The van der Waals surface area contributed by atoms with Gasteiger partial charge in [-0.05, 0) is 37.1 Å². The van der Waals surface area contributed by atoms with Crippen molar-refractivity contribution >= 4 is 11.8 Å². The summed E-state index contributed by atoms with van der Waals surface area (Å²) in [5, 5.41) is 11.4. The Morgan fingerprint density at radius 1 is 1.07 bits per heavy atom. The number of rotatable bonds is 4. The first-order valence-electron chi connectivity index (χ1n) is 8.82. The fourth-order valence-electron chi connectivity index (χ4n) is 3.10. The fourth-order valence-corrected chi connectivity index (χ4v) is 3.10. The lowest BCUT2D eigenvalue weighted by atomic mass is 10.0. The second kappa shape index (κ2) is 7.45. The maximum Gasteiger partial charge on any atom is 0.289 e. The molecular formula is C19H19N5O3. The van der Waals surface area contributed by atoms with Gasteiger partial charge in [0.25, 0.3) is 11.8 Å². The molecule has 0 atom stereocenters. The van der Waals surface area contributed by atoms with E-state index < -0.39 is 0 Å². The molecule has 0 spiro atoms. The molecular weight excluding hydrogens is 346 g/mol. The molecule has 1 N–H and O–H groups in total. The summed E-state index contributed by atoms with van der Waals surface area (Å²) in [7, 11) is 0. The lowest BCUT2D eigenvalue weighted by Gasteiger charge is -2.31. The van der Waals surface area contributed by atoms with Gasteiger partial charge < -0.3 is 14.6 Å². The quantitative estimate of drug-likeness (QED) is 0.762. The normalized spacial score (nSPS) is 14.9. The molecule has 3 aromatic rings. The van der Waals surface area contributed by atoms with Crippen molar-refractivity contribution in [3.05, 3.63) is 66.4 Å². The molecule has 27 heavy (non-hydrogen) atoms. The predicted molar refractivity (Wildman–Crippen MR) is 96.5 cm³/mol. The van der Waals surface area contributed by atoms with E-state index in [1.54, 1.807) is 17.0 Å². The molecule has 1 fully saturated rings. The lowest BCUT2D eigenvalue weighted by Crippen LogP contribution is -2.46. The Bertz CT molecular complexity index is 912. The number of hydrogen-bond donors (Lipinski definition) is 1. The number of likely N-dealkylation sites (tertiary alicyclic amines) is 1. The van der Waals surface area contributed by atoms with Crippen molar-refractivity contribution < 1.29 is 14.0 Å². The van der Waals surface area contributed by atoms with Crippen LogP contribution >= 0.6 is 0 Å². The number of benzene rings is 1. The van der Waals surface area contributed by atoms with Gasteiger partial charge in [0.2, 0.25) is 0 Å². The zero-order chi connectivity index (χ0) is 18.6. The van der Waals surface area contributed by atoms with Crippen LogP contribution in [0.25, 0.3) is 5.69 Å². The average Bonchev–Trinajstić information content (AvgIpc) is 3.41. The van der Waals surface area contributed by atoms with E-state index in [-0.39, 0.29) is 23.6 Å². The predicted octanol–water partition coefficient (Wildman–Crippen LogP) is 1.89. The average molecular weight is 365 g/mol. The third-order valence-electron chi connectivity index (χ3n) is 4.56. The minimum Gasteiger partial charge on any atom is -0.459 e. The van der Waals surface area contributed by atoms with Crippen LogP contribution in [0.4, 0.5) is 0 Å². The molecule has 2 aromatic heterocycles. The minimum absolute atomic E-state index is 0.0000244. The molecule has 8 heteroatoms. The smallest absolute Gasteiger partial charge is 0.289 e. The highest BCUT2D eigenvalue weighted by atomic mass is 16.3. The maximum atomic E-state index is 12.4. The summed E-state index contributed by atoms with van der Waals surface area (Å²) in [4.78, 5) is 27.9. The summed E-state index contributed by atoms with van der Waals surface area (Å²) in [5.41, 5.74) is 1.06. The zero-order valence-corrected chi connectivity index (χ0v) is 14.6. The number of amides is 2. The number of piperidine rings is 1. The van der Waals surface area contributed by atoms with Gasteiger partial charge in [0.05, 0.1) is 18.1 Å². The van der Waals surface area contributed by atoms with Crippen molar-refractivity contribution in [1.29, 1.82) is 0 Å². The topological polar surface area (TPSA) is 93.3 Å². The molecule has 1 saturated heterocycles. The van der Waals surface area contributed by atoms with Gasteiger partial charge in [-0.1, -0.05) is 18.2 Å². The van der Waals surface area contributed by atoms with Crippen LogP contribution in [-0.2, 0) is 0 Å². The van der Waals surface area contributed by atoms with Crippen molar-refractivity contribution in [3.63, 3.8) is 0 Å². The standard InChI is InChI=1S/C19H19N5O3/c25-18(16-13-20-24(22-16)15-5-2-1-3-6-15)21-14-8-10-23(11-9-14)19(26)17-7-4-12-27-17/h1-7,12-14H,8-11H2,(H,21,25). The molecule has 2 amide bonds. The number of carbonyl (C=O) groups is 2. The highest BCUT2D eigenvalue weighted by Crippen LogP contribution is 2.15. The second-order valence-corrected chi connectivity index (χ2v) is 6.37. The first-order valence-corrected chi connectivity index (χ1v) is 8.82. The molecule has 0 unspecified atom stereocenters. The molecule has 1 aliphatic heterocycles. The maximum absolute atomic E-state index is 12.4. The molecule has 1 aromatic carbocycles. The Labute approximate surface area is 155 Å². The van der Waals surface area contributed by atoms with Crippen molar-refractivity contribution in [2.24, 2.45) is 0 Å². The van der Waals surface area contributed by atoms with E-state index >= 15 is 0 Å². The second-order valence-electron chi connectivity index (χ2n) is 6.37. The summed E-state index contributed by atoms with van der Waals surface area (Å²) in [6.45, 7) is 1.14. The van der Waals surface area contributed by atoms with E-state index in [2.05, 4.69) is 15.5 Å². The molecule has 0 saturated carbocycles. The largest absolute Gasteiger partial charge is 0.459 e. The molecule has 8 nitrogen and oxygen atoms in total. The minimum atomic E-state index is -0.256. The summed E-state index contributed by atoms with van der Waals surface area (Å²) < 4.78 is 5.16. The highest BCUT2D eigenvalue weighted by molar-refractivity contribution is 5.92. The zero-order valence-electron chi connectivity index (χ0n) is 14.6. The highest BCUT2D eigenvalue weighted by Gasteiger charge is 2.26. The Hall–Kier alpha value is -3.42. The number of aromatic nitrogens is 3. The summed E-state index contributed by atoms with van der Waals surface area (Å²) in [6.07, 6.45) is 4.32. The molecule has 0 aliphatic carbocycles. The van der Waals surface area contributed by atoms with Crippen LogP contribution in [0.5, 0.6) is 0 Å². The van der Waals surface area contributed by atoms with Gasteiger partial charge in [-0.15, -0.1) is 5.10 Å². The van der Waals surface area contributed by atoms with Gasteiger partial charge in [0, 0.05) is 19.1 Å². The third-order valence-corrected chi connectivity index (χ3v) is 4.56. The van der Waals surface area contributed by atoms with E-state index in [4.69, 9.17) is 4.42 Å². The Kier molecular flexibility index (Phi) is 4.69. The van der Waals surface area contributed by atoms with Gasteiger partial charge >= 0.3 is 0 Å². The number of hydrogen-bond acceptors (Lipinski definition) is 5. The van der Waals surface area contributed by atoms with Crippen molar-refractivity contribution in [2.45, 2.75) is 18.9 Å². The van der Waals surface area contributed by atoms with E-state index in [1.807, 2.05) is 30.3 Å². The van der Waals surface area contributed by atoms with Crippen LogP contribution in [0, 0.1) is 0 Å². The van der Waals surface area contributed by atoms with Crippen LogP contribution < -0.4 is 5.32 Å². The van der Waals surface area contributed by atoms with Gasteiger partial charge in [-0.25, -0.2) is 0 Å². The number of furan rings is 1. The van der Waals surface area contributed by atoms with Crippen LogP contribution in [0.1, 0.15) is 33.9 Å². The summed E-state index contributed by atoms with van der Waals surface area (Å²) in [5.74, 6) is -0.0291. The van der Waals surface area contributed by atoms with Crippen molar-refractivity contribution in [3.8, 4) is 5.69 Å². The van der Waals surface area contributed by atoms with Gasteiger partial charge in [0.1, 0.15) is 0 Å². The van der Waals surface area contributed by atoms with Crippen molar-refractivity contribution in [2.75, 3.05) is 13.1 Å². The molecule has 138 valence electrons. The fraction of sp³-hybridized carbons (Fsp3) is 0.263. The van der Waals surface area contributed by atoms with E-state index in [0.29, 0.717) is 31.7 Å². The summed E-state index contributed by atoms with van der Waals surface area (Å²) in [6, 6.07) is 12.8. The number of carbonyl (C=O) groups excluding carboxylic acids is 2. The van der Waals surface area contributed by atoms with Crippen LogP contribution in [0.15, 0.2) is 59.3 Å². The Balaban J connectivity index is 1.32. The van der Waals surface area contributed by atoms with Gasteiger partial charge in [0.15, 0.2) is 11.5 Å². The van der Waals surface area contributed by atoms with E-state index in [1.165, 1.54) is 17.3 Å². The Morgan fingerprint density at radius 3 is 2.56 bits per heavy atom. The number of nitrogens with one attached hydrogen (secondary N) is 1. The van der Waals surface area contributed by atoms with Crippen LogP contribution in [-0.4, -0.2) is 50.8 Å². The summed E-state index contributed by atoms with van der Waals surface area (Å²) >= 11 is 0. The first kappa shape index (κ1) is 17.0. The number of para-hydroxylation sites is 1. The van der Waals surface area contributed by atoms with Crippen molar-refractivity contribution in [1.82, 2.24) is 25.2 Å². The third kappa shape index (κ3) is 3.74. The van der Waals surface area contributed by atoms with Crippen LogP contribution in [0.2, 0.25) is 0 Å². The molecule has 1 aliphatic rings. The molecule has 3 heterocycles. The molecule has 0 bridgehead atoms. The SMILES string of the molecule is O=C(NC1CCN(C(=O)c2ccco2)CC1)c1cnn(-c2ccccc2)n1.